The lowest BCUT2D eigenvalue weighted by molar-refractivity contribution is 0.148. The predicted octanol–water partition coefficient (Wildman–Crippen LogP) is 2.41. The summed E-state index contributed by atoms with van der Waals surface area (Å²) in [6.45, 7) is 0.801. The molecule has 0 amide bonds. The van der Waals surface area contributed by atoms with Gasteiger partial charge in [0.15, 0.2) is 5.96 Å². The van der Waals surface area contributed by atoms with Gasteiger partial charge in [0.25, 0.3) is 0 Å². The van der Waals surface area contributed by atoms with Crippen molar-refractivity contribution >= 4 is 5.96 Å². The first-order chi connectivity index (χ1) is 10.2. The fourth-order valence-corrected chi connectivity index (χ4v) is 4.51. The van der Waals surface area contributed by atoms with Crippen LogP contribution in [0.15, 0.2) is 23.2 Å². The highest BCUT2D eigenvalue weighted by Gasteiger charge is 2.50. The molecule has 4 nitrogen and oxygen atoms in total. The van der Waals surface area contributed by atoms with Crippen molar-refractivity contribution in [3.8, 4) is 5.75 Å². The monoisotopic (exact) mass is 285 g/mol. The minimum Gasteiger partial charge on any atom is -0.497 e. The smallest absolute Gasteiger partial charge is 0.192 e. The second kappa shape index (κ2) is 4.65. The number of aliphatic imine (C=N–C) groups is 1. The summed E-state index contributed by atoms with van der Waals surface area (Å²) in [4.78, 5) is 7.08. The number of guanidine groups is 1. The number of fused-ring (bicyclic) bond motifs is 2. The number of nitrogens with zero attached hydrogens (tertiary/aromatic N) is 2. The van der Waals surface area contributed by atoms with E-state index >= 15 is 0 Å². The average Bonchev–Trinajstić information content (AvgIpc) is 3.20. The maximum Gasteiger partial charge on any atom is 0.192 e. The molecule has 0 aromatic heterocycles. The van der Waals surface area contributed by atoms with E-state index in [0.717, 1.165) is 31.1 Å². The maximum atomic E-state index is 6.29. The molecule has 1 heterocycles. The second-order valence-corrected chi connectivity index (χ2v) is 6.54. The van der Waals surface area contributed by atoms with Gasteiger partial charge in [-0.2, -0.15) is 0 Å². The molecule has 1 unspecified atom stereocenters. The number of benzene rings is 1. The minimum absolute atomic E-state index is 0.0109. The van der Waals surface area contributed by atoms with Crippen LogP contribution in [0.1, 0.15) is 43.2 Å². The molecule has 1 fully saturated rings. The molecule has 1 aromatic carbocycles. The van der Waals surface area contributed by atoms with Crippen LogP contribution in [0.3, 0.4) is 0 Å². The first-order valence-electron chi connectivity index (χ1n) is 8.01. The third-order valence-electron chi connectivity index (χ3n) is 5.53. The van der Waals surface area contributed by atoms with Crippen LogP contribution in [0.25, 0.3) is 0 Å². The minimum atomic E-state index is -0.0109. The first kappa shape index (κ1) is 13.0. The molecule has 1 saturated carbocycles. The molecular weight excluding hydrogens is 262 g/mol. The van der Waals surface area contributed by atoms with Crippen molar-refractivity contribution < 1.29 is 4.74 Å². The maximum absolute atomic E-state index is 6.29. The lowest BCUT2D eigenvalue weighted by Crippen LogP contribution is -2.52. The van der Waals surface area contributed by atoms with E-state index in [1.165, 1.54) is 36.8 Å². The largest absolute Gasteiger partial charge is 0.497 e. The molecule has 2 aliphatic carbocycles. The van der Waals surface area contributed by atoms with Gasteiger partial charge < -0.3 is 15.4 Å². The van der Waals surface area contributed by atoms with Crippen molar-refractivity contribution in [1.29, 1.82) is 0 Å². The van der Waals surface area contributed by atoms with Gasteiger partial charge in [-0.1, -0.05) is 18.9 Å². The van der Waals surface area contributed by atoms with E-state index < -0.39 is 0 Å². The molecule has 1 atom stereocenters. The van der Waals surface area contributed by atoms with Crippen molar-refractivity contribution in [2.75, 3.05) is 13.7 Å². The van der Waals surface area contributed by atoms with E-state index in [-0.39, 0.29) is 5.54 Å². The number of hydrogen-bond acceptors (Lipinski definition) is 4. The summed E-state index contributed by atoms with van der Waals surface area (Å²) in [5.41, 5.74) is 9.10. The standard InChI is InChI=1S/C17H23N3O/c1-21-14-7-6-12-8-9-17(15(12)10-14)11-19-16(18)20(17)13-4-2-3-5-13/h6-7,10,13H,2-5,8-9,11H2,1H3,(H2,18,19). The third kappa shape index (κ3) is 1.78. The molecule has 1 spiro atoms. The van der Waals surface area contributed by atoms with Crippen LogP contribution in [-0.2, 0) is 12.0 Å². The quantitative estimate of drug-likeness (QED) is 0.908. The number of hydrogen-bond donors (Lipinski definition) is 1. The zero-order valence-corrected chi connectivity index (χ0v) is 12.6. The molecular formula is C17H23N3O. The van der Waals surface area contributed by atoms with E-state index in [9.17, 15) is 0 Å². The van der Waals surface area contributed by atoms with E-state index in [2.05, 4.69) is 28.1 Å². The topological polar surface area (TPSA) is 50.9 Å². The zero-order valence-electron chi connectivity index (χ0n) is 12.6. The van der Waals surface area contributed by atoms with Gasteiger partial charge in [-0.15, -0.1) is 0 Å². The van der Waals surface area contributed by atoms with Crippen LogP contribution in [-0.4, -0.2) is 30.6 Å². The normalized spacial score (nSPS) is 28.2. The van der Waals surface area contributed by atoms with Gasteiger partial charge in [-0.3, -0.25) is 4.99 Å². The van der Waals surface area contributed by atoms with Crippen LogP contribution in [0.2, 0.25) is 0 Å². The predicted molar refractivity (Wildman–Crippen MR) is 83.6 cm³/mol. The highest BCUT2D eigenvalue weighted by Crippen LogP contribution is 2.48. The first-order valence-corrected chi connectivity index (χ1v) is 8.01. The molecule has 0 bridgehead atoms. The Morgan fingerprint density at radius 1 is 1.33 bits per heavy atom. The Bertz CT molecular complexity index is 592. The number of aryl methyl sites for hydroxylation is 1. The third-order valence-corrected chi connectivity index (χ3v) is 5.53. The molecule has 1 aromatic rings. The van der Waals surface area contributed by atoms with Crippen molar-refractivity contribution in [3.63, 3.8) is 0 Å². The second-order valence-electron chi connectivity index (χ2n) is 6.54. The van der Waals surface area contributed by atoms with Crippen LogP contribution >= 0.6 is 0 Å². The molecule has 3 aliphatic rings. The van der Waals surface area contributed by atoms with E-state index in [4.69, 9.17) is 10.5 Å². The SMILES string of the molecule is COc1ccc2c(c1)C1(CC2)CN=C(N)N1C1CCCC1. The van der Waals surface area contributed by atoms with Crippen LogP contribution in [0, 0.1) is 0 Å². The van der Waals surface area contributed by atoms with Crippen molar-refractivity contribution in [2.24, 2.45) is 10.7 Å². The number of ether oxygens (including phenoxy) is 1. The van der Waals surface area contributed by atoms with Crippen LogP contribution in [0.5, 0.6) is 5.75 Å². The number of rotatable bonds is 2. The Kier molecular flexibility index (Phi) is 2.88. The summed E-state index contributed by atoms with van der Waals surface area (Å²) in [7, 11) is 1.73. The lowest BCUT2D eigenvalue weighted by Gasteiger charge is -2.41. The summed E-state index contributed by atoms with van der Waals surface area (Å²) in [5, 5.41) is 0. The summed E-state index contributed by atoms with van der Waals surface area (Å²) in [6, 6.07) is 7.05. The summed E-state index contributed by atoms with van der Waals surface area (Å²) >= 11 is 0. The van der Waals surface area contributed by atoms with Gasteiger partial charge in [0.2, 0.25) is 0 Å². The van der Waals surface area contributed by atoms with Gasteiger partial charge in [0.1, 0.15) is 5.75 Å². The van der Waals surface area contributed by atoms with E-state index in [1.54, 1.807) is 7.11 Å². The molecule has 4 rings (SSSR count). The molecule has 4 heteroatoms. The van der Waals surface area contributed by atoms with Gasteiger partial charge in [0, 0.05) is 6.04 Å². The Hall–Kier alpha value is -1.71. The highest BCUT2D eigenvalue weighted by molar-refractivity contribution is 5.82. The summed E-state index contributed by atoms with van der Waals surface area (Å²) in [5.74, 6) is 1.68. The van der Waals surface area contributed by atoms with Crippen LogP contribution < -0.4 is 10.5 Å². The Balaban J connectivity index is 1.78. The van der Waals surface area contributed by atoms with Crippen LogP contribution in [0.4, 0.5) is 0 Å². The molecule has 1 aliphatic heterocycles. The summed E-state index contributed by atoms with van der Waals surface area (Å²) in [6.07, 6.45) is 7.36. The average molecular weight is 285 g/mol. The van der Waals surface area contributed by atoms with Crippen molar-refractivity contribution in [1.82, 2.24) is 4.90 Å². The van der Waals surface area contributed by atoms with Gasteiger partial charge in [-0.25, -0.2) is 0 Å². The Labute approximate surface area is 126 Å². The van der Waals surface area contributed by atoms with Crippen molar-refractivity contribution in [2.45, 2.75) is 50.1 Å². The highest BCUT2D eigenvalue weighted by atomic mass is 16.5. The molecule has 0 radical (unpaired) electrons. The van der Waals surface area contributed by atoms with Gasteiger partial charge in [0.05, 0.1) is 19.2 Å². The van der Waals surface area contributed by atoms with E-state index in [1.807, 2.05) is 0 Å². The molecule has 112 valence electrons. The fraction of sp³-hybridized carbons (Fsp3) is 0.588. The Morgan fingerprint density at radius 2 is 2.14 bits per heavy atom. The van der Waals surface area contributed by atoms with Gasteiger partial charge in [-0.05, 0) is 48.9 Å². The number of nitrogens with two attached hydrogens (primary N) is 1. The zero-order chi connectivity index (χ0) is 14.4. The lowest BCUT2D eigenvalue weighted by atomic mass is 9.89. The van der Waals surface area contributed by atoms with E-state index in [0.29, 0.717) is 6.04 Å². The molecule has 2 N–H and O–H groups in total. The fourth-order valence-electron chi connectivity index (χ4n) is 4.51. The van der Waals surface area contributed by atoms with Crippen molar-refractivity contribution in [3.05, 3.63) is 29.3 Å². The molecule has 0 saturated heterocycles. The molecule has 21 heavy (non-hydrogen) atoms. The van der Waals surface area contributed by atoms with Gasteiger partial charge >= 0.3 is 0 Å². The Morgan fingerprint density at radius 3 is 2.90 bits per heavy atom. The number of methoxy groups -OCH3 is 1. The summed E-state index contributed by atoms with van der Waals surface area (Å²) < 4.78 is 5.44.